The van der Waals surface area contributed by atoms with Crippen LogP contribution in [-0.4, -0.2) is 36.9 Å². The van der Waals surface area contributed by atoms with E-state index >= 15 is 0 Å². The van der Waals surface area contributed by atoms with Crippen molar-refractivity contribution in [3.05, 3.63) is 29.3 Å². The maximum absolute atomic E-state index is 12.2. The molecule has 0 saturated heterocycles. The molecule has 1 rings (SSSR count). The Kier molecular flexibility index (Phi) is 4.55. The Labute approximate surface area is 111 Å². The van der Waals surface area contributed by atoms with Gasteiger partial charge in [-0.25, -0.2) is 8.42 Å². The lowest BCUT2D eigenvalue weighted by Gasteiger charge is -2.23. The largest absolute Gasteiger partial charge is 0.409 e. The van der Waals surface area contributed by atoms with E-state index < -0.39 is 16.1 Å². The lowest BCUT2D eigenvalue weighted by molar-refractivity contribution is 0.311. The van der Waals surface area contributed by atoms with Gasteiger partial charge in [-0.1, -0.05) is 16.8 Å². The fourth-order valence-corrected chi connectivity index (χ4v) is 2.71. The minimum atomic E-state index is -3.71. The van der Waals surface area contributed by atoms with E-state index in [9.17, 15) is 8.42 Å². The molecule has 1 aromatic carbocycles. The molecule has 0 bridgehead atoms. The van der Waals surface area contributed by atoms with Crippen molar-refractivity contribution in [2.24, 2.45) is 10.9 Å². The predicted molar refractivity (Wildman–Crippen MR) is 69.3 cm³/mol. The molecule has 0 saturated carbocycles. The van der Waals surface area contributed by atoms with Gasteiger partial charge < -0.3 is 10.9 Å². The van der Waals surface area contributed by atoms with Gasteiger partial charge in [0.25, 0.3) is 0 Å². The highest BCUT2D eigenvalue weighted by Crippen LogP contribution is 2.19. The van der Waals surface area contributed by atoms with Crippen LogP contribution in [-0.2, 0) is 10.0 Å². The number of sulfonamides is 1. The van der Waals surface area contributed by atoms with Gasteiger partial charge in [-0.05, 0) is 31.2 Å². The molecule has 0 radical (unpaired) electrons. The second-order valence-corrected chi connectivity index (χ2v) is 6.11. The first-order valence-electron chi connectivity index (χ1n) is 5.01. The van der Waals surface area contributed by atoms with Crippen molar-refractivity contribution in [2.45, 2.75) is 17.9 Å². The number of halogens is 1. The van der Waals surface area contributed by atoms with E-state index in [1.807, 2.05) is 0 Å². The predicted octanol–water partition coefficient (Wildman–Crippen LogP) is 1.10. The number of hydrogen-bond acceptors (Lipinski definition) is 4. The summed E-state index contributed by atoms with van der Waals surface area (Å²) in [4.78, 5) is 0.0898. The molecule has 0 amide bonds. The molecule has 3 N–H and O–H groups in total. The summed E-state index contributed by atoms with van der Waals surface area (Å²) >= 11 is 5.70. The van der Waals surface area contributed by atoms with Gasteiger partial charge in [-0.2, -0.15) is 4.31 Å². The summed E-state index contributed by atoms with van der Waals surface area (Å²) in [6, 6.07) is 5.00. The van der Waals surface area contributed by atoms with Crippen molar-refractivity contribution in [1.82, 2.24) is 4.31 Å². The van der Waals surface area contributed by atoms with Crippen molar-refractivity contribution in [3.8, 4) is 0 Å². The van der Waals surface area contributed by atoms with Crippen molar-refractivity contribution in [2.75, 3.05) is 7.05 Å². The molecule has 0 fully saturated rings. The van der Waals surface area contributed by atoms with Crippen LogP contribution in [0.5, 0.6) is 0 Å². The van der Waals surface area contributed by atoms with Gasteiger partial charge in [0, 0.05) is 12.1 Å². The number of amidine groups is 1. The normalized spacial score (nSPS) is 14.8. The summed E-state index contributed by atoms with van der Waals surface area (Å²) in [5.41, 5.74) is 5.39. The second kappa shape index (κ2) is 5.55. The number of benzene rings is 1. The fraction of sp³-hybridized carbons (Fsp3) is 0.300. The van der Waals surface area contributed by atoms with Crippen molar-refractivity contribution < 1.29 is 13.6 Å². The van der Waals surface area contributed by atoms with Gasteiger partial charge in [-0.3, -0.25) is 0 Å². The number of rotatable bonds is 4. The third kappa shape index (κ3) is 2.92. The number of nitrogens with zero attached hydrogens (tertiary/aromatic N) is 2. The van der Waals surface area contributed by atoms with Crippen LogP contribution in [0.2, 0.25) is 5.02 Å². The van der Waals surface area contributed by atoms with Gasteiger partial charge in [0.2, 0.25) is 10.0 Å². The molecule has 8 heteroatoms. The van der Waals surface area contributed by atoms with E-state index in [0.29, 0.717) is 5.02 Å². The highest BCUT2D eigenvalue weighted by Gasteiger charge is 2.27. The molecule has 1 atom stereocenters. The zero-order valence-electron chi connectivity index (χ0n) is 9.91. The van der Waals surface area contributed by atoms with Crippen LogP contribution in [0.3, 0.4) is 0 Å². The second-order valence-electron chi connectivity index (χ2n) is 3.68. The Balaban J connectivity index is 3.11. The minimum absolute atomic E-state index is 0.0898. The first-order valence-corrected chi connectivity index (χ1v) is 6.83. The molecule has 1 unspecified atom stereocenters. The van der Waals surface area contributed by atoms with Crippen LogP contribution in [0, 0.1) is 0 Å². The summed E-state index contributed by atoms with van der Waals surface area (Å²) in [5, 5.41) is 11.8. The van der Waals surface area contributed by atoms with E-state index in [0.717, 1.165) is 4.31 Å². The molecule has 0 aromatic heterocycles. The zero-order chi connectivity index (χ0) is 13.9. The third-order valence-corrected chi connectivity index (χ3v) is 4.77. The van der Waals surface area contributed by atoms with Crippen molar-refractivity contribution in [3.63, 3.8) is 0 Å². The molecule has 100 valence electrons. The zero-order valence-corrected chi connectivity index (χ0v) is 11.5. The maximum atomic E-state index is 12.2. The average Bonchev–Trinajstić information content (AvgIpc) is 2.36. The highest BCUT2D eigenvalue weighted by atomic mass is 35.5. The number of oxime groups is 1. The molecular formula is C10H14ClN3O3S. The van der Waals surface area contributed by atoms with E-state index in [-0.39, 0.29) is 10.7 Å². The molecule has 6 nitrogen and oxygen atoms in total. The number of likely N-dealkylation sites (N-methyl/N-ethyl adjacent to an activating group) is 1. The number of hydrogen-bond donors (Lipinski definition) is 2. The average molecular weight is 292 g/mol. The van der Waals surface area contributed by atoms with Crippen LogP contribution in [0.25, 0.3) is 0 Å². The van der Waals surface area contributed by atoms with E-state index in [4.69, 9.17) is 22.5 Å². The summed E-state index contributed by atoms with van der Waals surface area (Å²) < 4.78 is 25.4. The summed E-state index contributed by atoms with van der Waals surface area (Å²) in [6.07, 6.45) is 0. The molecule has 1 aromatic rings. The first kappa shape index (κ1) is 14.7. The Morgan fingerprint density at radius 2 is 1.94 bits per heavy atom. The van der Waals surface area contributed by atoms with Gasteiger partial charge >= 0.3 is 0 Å². The Hall–Kier alpha value is -1.31. The maximum Gasteiger partial charge on any atom is 0.243 e. The molecule has 0 heterocycles. The highest BCUT2D eigenvalue weighted by molar-refractivity contribution is 7.89. The van der Waals surface area contributed by atoms with Gasteiger partial charge in [0.15, 0.2) is 5.84 Å². The summed E-state index contributed by atoms with van der Waals surface area (Å²) in [7, 11) is -2.35. The van der Waals surface area contributed by atoms with E-state index in [1.54, 1.807) is 0 Å². The lowest BCUT2D eigenvalue weighted by Crippen LogP contribution is -2.43. The monoisotopic (exact) mass is 291 g/mol. The minimum Gasteiger partial charge on any atom is -0.409 e. The molecule has 18 heavy (non-hydrogen) atoms. The van der Waals surface area contributed by atoms with Gasteiger partial charge in [0.05, 0.1) is 10.9 Å². The molecular weight excluding hydrogens is 278 g/mol. The van der Waals surface area contributed by atoms with Crippen LogP contribution in [0.4, 0.5) is 0 Å². The Morgan fingerprint density at radius 3 is 2.39 bits per heavy atom. The third-order valence-electron chi connectivity index (χ3n) is 2.58. The van der Waals surface area contributed by atoms with Crippen LogP contribution in [0.15, 0.2) is 34.3 Å². The van der Waals surface area contributed by atoms with Crippen LogP contribution < -0.4 is 5.73 Å². The quantitative estimate of drug-likeness (QED) is 0.376. The molecule has 0 spiro atoms. The van der Waals surface area contributed by atoms with E-state index in [2.05, 4.69) is 5.16 Å². The molecule has 0 aliphatic rings. The van der Waals surface area contributed by atoms with Crippen molar-refractivity contribution >= 4 is 27.5 Å². The Bertz CT molecular complexity index is 542. The first-order chi connectivity index (χ1) is 8.30. The lowest BCUT2D eigenvalue weighted by atomic mass is 10.3. The Morgan fingerprint density at radius 1 is 1.44 bits per heavy atom. The smallest absolute Gasteiger partial charge is 0.243 e. The SMILES string of the molecule is CC(C(N)=NO)N(C)S(=O)(=O)c1ccc(Cl)cc1. The van der Waals surface area contributed by atoms with Gasteiger partial charge in [-0.15, -0.1) is 0 Å². The standard InChI is InChI=1S/C10H14ClN3O3S/c1-7(10(12)13-15)14(2)18(16,17)9-5-3-8(11)4-6-9/h3-7,15H,1-2H3,(H2,12,13). The molecule has 0 aliphatic carbocycles. The topological polar surface area (TPSA) is 96.0 Å². The van der Waals surface area contributed by atoms with E-state index in [1.165, 1.54) is 38.2 Å². The number of nitrogens with two attached hydrogens (primary N) is 1. The van der Waals surface area contributed by atoms with Crippen LogP contribution in [0.1, 0.15) is 6.92 Å². The fourth-order valence-electron chi connectivity index (χ4n) is 1.25. The van der Waals surface area contributed by atoms with Crippen LogP contribution >= 0.6 is 11.6 Å². The van der Waals surface area contributed by atoms with Gasteiger partial charge in [0.1, 0.15) is 0 Å². The summed E-state index contributed by atoms with van der Waals surface area (Å²) in [6.45, 7) is 1.52. The summed E-state index contributed by atoms with van der Waals surface area (Å²) in [5.74, 6) is -0.185. The van der Waals surface area contributed by atoms with Crippen molar-refractivity contribution in [1.29, 1.82) is 0 Å². The molecule has 0 aliphatic heterocycles.